The molecule has 12 heteroatoms. The smallest absolute Gasteiger partial charge is 0.319 e. The largest absolute Gasteiger partial charge is 0.395 e. The van der Waals surface area contributed by atoms with E-state index in [1.54, 1.807) is 12.1 Å². The first-order valence-electron chi connectivity index (χ1n) is 10.7. The van der Waals surface area contributed by atoms with Gasteiger partial charge in [0.15, 0.2) is 0 Å². The van der Waals surface area contributed by atoms with Gasteiger partial charge in [-0.05, 0) is 19.1 Å². The van der Waals surface area contributed by atoms with Crippen molar-refractivity contribution < 1.29 is 23.1 Å². The van der Waals surface area contributed by atoms with Crippen molar-refractivity contribution >= 4 is 27.7 Å². The summed E-state index contributed by atoms with van der Waals surface area (Å²) in [6, 6.07) is 6.86. The van der Waals surface area contributed by atoms with Gasteiger partial charge in [0.1, 0.15) is 0 Å². The summed E-state index contributed by atoms with van der Waals surface area (Å²) in [4.78, 5) is 23.5. The average molecular weight is 477 g/mol. The highest BCUT2D eigenvalue weighted by atomic mass is 32.2. The number of sulfonamides is 1. The summed E-state index contributed by atoms with van der Waals surface area (Å²) in [5.74, 6) is 0.556. The van der Waals surface area contributed by atoms with Crippen molar-refractivity contribution in [3.05, 3.63) is 35.5 Å². The number of hydrogen-bond donors (Lipinski definition) is 3. The third-order valence-electron chi connectivity index (χ3n) is 5.65. The van der Waals surface area contributed by atoms with Crippen molar-refractivity contribution in [2.24, 2.45) is 0 Å². The molecule has 2 aromatic rings. The zero-order valence-corrected chi connectivity index (χ0v) is 19.4. The Bertz CT molecular complexity index is 1120. The van der Waals surface area contributed by atoms with Gasteiger partial charge in [-0.15, -0.1) is 0 Å². The highest BCUT2D eigenvalue weighted by molar-refractivity contribution is 7.88. The van der Waals surface area contributed by atoms with Crippen LogP contribution in [0.4, 0.5) is 16.4 Å². The van der Waals surface area contributed by atoms with Crippen LogP contribution < -0.4 is 15.5 Å². The monoisotopic (exact) mass is 476 g/mol. The molecule has 3 N–H and O–H groups in total. The number of nitrogens with one attached hydrogen (secondary N) is 2. The number of aliphatic hydroxyl groups is 1. The second-order valence-corrected chi connectivity index (χ2v) is 10.1. The number of carbonyl (C=O) groups is 1. The topological polar surface area (TPSA) is 137 Å². The molecule has 1 unspecified atom stereocenters. The van der Waals surface area contributed by atoms with E-state index in [1.807, 2.05) is 19.1 Å². The molecule has 0 saturated carbocycles. The molecule has 1 aromatic heterocycles. The SMILES string of the molecule is CC1COCCN1c1nc2c(c(-c3ccc(NC(=O)NCCO)cc3)n1)CN(S(C)(=O)=O)C2. The molecule has 0 radical (unpaired) electrons. The molecule has 33 heavy (non-hydrogen) atoms. The number of amides is 2. The number of fused-ring (bicyclic) bond motifs is 1. The maximum Gasteiger partial charge on any atom is 0.319 e. The normalized spacial score (nSPS) is 18.8. The van der Waals surface area contributed by atoms with Gasteiger partial charge >= 0.3 is 6.03 Å². The first kappa shape index (κ1) is 23.4. The van der Waals surface area contributed by atoms with Crippen LogP contribution in [0.15, 0.2) is 24.3 Å². The molecule has 1 aromatic carbocycles. The molecule has 1 atom stereocenters. The van der Waals surface area contributed by atoms with Crippen molar-refractivity contribution in [1.29, 1.82) is 0 Å². The maximum absolute atomic E-state index is 12.2. The summed E-state index contributed by atoms with van der Waals surface area (Å²) in [6.45, 7) is 4.29. The van der Waals surface area contributed by atoms with Gasteiger partial charge in [-0.3, -0.25) is 0 Å². The number of rotatable bonds is 6. The lowest BCUT2D eigenvalue weighted by molar-refractivity contribution is 0.0981. The molecule has 178 valence electrons. The minimum atomic E-state index is -3.39. The highest BCUT2D eigenvalue weighted by Crippen LogP contribution is 2.34. The maximum atomic E-state index is 12.2. The van der Waals surface area contributed by atoms with E-state index < -0.39 is 16.1 Å². The second-order valence-electron chi connectivity index (χ2n) is 8.13. The molecule has 0 aliphatic carbocycles. The number of morpholine rings is 1. The van der Waals surface area contributed by atoms with E-state index in [9.17, 15) is 13.2 Å². The Labute approximate surface area is 192 Å². The number of ether oxygens (including phenoxy) is 1. The summed E-state index contributed by atoms with van der Waals surface area (Å²) in [5, 5.41) is 14.0. The Hall–Kier alpha value is -2.80. The molecule has 0 spiro atoms. The van der Waals surface area contributed by atoms with Crippen LogP contribution in [0.2, 0.25) is 0 Å². The number of carbonyl (C=O) groups excluding carboxylic acids is 1. The molecular weight excluding hydrogens is 448 g/mol. The minimum absolute atomic E-state index is 0.0982. The standard InChI is InChI=1S/C21H28N6O5S/c1-14-13-32-10-8-27(14)20-24-18-12-26(33(2,30)31)11-17(18)19(25-20)15-3-5-16(6-4-15)23-21(29)22-7-9-28/h3-6,14,28H,7-13H2,1-2H3,(H2,22,23,29). The molecule has 1 fully saturated rings. The number of nitrogens with zero attached hydrogens (tertiary/aromatic N) is 4. The van der Waals surface area contributed by atoms with Crippen molar-refractivity contribution in [3.63, 3.8) is 0 Å². The second kappa shape index (κ2) is 9.59. The van der Waals surface area contributed by atoms with Gasteiger partial charge in [-0.2, -0.15) is 4.31 Å². The van der Waals surface area contributed by atoms with Gasteiger partial charge in [-0.1, -0.05) is 12.1 Å². The predicted molar refractivity (Wildman–Crippen MR) is 123 cm³/mol. The van der Waals surface area contributed by atoms with Crippen LogP contribution in [0.25, 0.3) is 11.3 Å². The number of hydrogen-bond acceptors (Lipinski definition) is 8. The van der Waals surface area contributed by atoms with E-state index in [2.05, 4.69) is 15.5 Å². The van der Waals surface area contributed by atoms with Crippen LogP contribution in [0.3, 0.4) is 0 Å². The number of aromatic nitrogens is 2. The Morgan fingerprint density at radius 2 is 2.00 bits per heavy atom. The van der Waals surface area contributed by atoms with E-state index in [0.29, 0.717) is 42.8 Å². The summed E-state index contributed by atoms with van der Waals surface area (Å²) >= 11 is 0. The fourth-order valence-corrected chi connectivity index (χ4v) is 4.62. The Balaban J connectivity index is 1.67. The lowest BCUT2D eigenvalue weighted by Crippen LogP contribution is -2.44. The lowest BCUT2D eigenvalue weighted by Gasteiger charge is -2.33. The molecule has 4 rings (SSSR count). The van der Waals surface area contributed by atoms with Crippen LogP contribution in [-0.4, -0.2) is 79.0 Å². The van der Waals surface area contributed by atoms with Crippen LogP contribution in [0, 0.1) is 0 Å². The van der Waals surface area contributed by atoms with Gasteiger partial charge < -0.3 is 25.4 Å². The van der Waals surface area contributed by atoms with Gasteiger partial charge in [0.2, 0.25) is 16.0 Å². The fraction of sp³-hybridized carbons (Fsp3) is 0.476. The third kappa shape index (κ3) is 5.24. The summed E-state index contributed by atoms with van der Waals surface area (Å²) in [7, 11) is -3.39. The van der Waals surface area contributed by atoms with Gasteiger partial charge in [0.05, 0.1) is 50.1 Å². The first-order valence-corrected chi connectivity index (χ1v) is 12.6. The van der Waals surface area contributed by atoms with Crippen molar-refractivity contribution in [2.75, 3.05) is 49.4 Å². The summed E-state index contributed by atoms with van der Waals surface area (Å²) in [5.41, 5.74) is 3.54. The zero-order chi connectivity index (χ0) is 23.6. The zero-order valence-electron chi connectivity index (χ0n) is 18.6. The van der Waals surface area contributed by atoms with Crippen LogP contribution in [0.1, 0.15) is 18.2 Å². The molecule has 2 aliphatic heterocycles. The van der Waals surface area contributed by atoms with Gasteiger partial charge in [0.25, 0.3) is 0 Å². The van der Waals surface area contributed by atoms with E-state index >= 15 is 0 Å². The summed E-state index contributed by atoms with van der Waals surface area (Å²) in [6.07, 6.45) is 1.19. The van der Waals surface area contributed by atoms with Crippen LogP contribution in [0.5, 0.6) is 0 Å². The van der Waals surface area contributed by atoms with Gasteiger partial charge in [0, 0.05) is 36.4 Å². The number of anilines is 2. The van der Waals surface area contributed by atoms with E-state index in [4.69, 9.17) is 19.8 Å². The minimum Gasteiger partial charge on any atom is -0.395 e. The molecule has 2 amide bonds. The summed E-state index contributed by atoms with van der Waals surface area (Å²) < 4.78 is 31.3. The average Bonchev–Trinajstić information content (AvgIpc) is 3.23. The quantitative estimate of drug-likeness (QED) is 0.556. The molecule has 1 saturated heterocycles. The van der Waals surface area contributed by atoms with Crippen molar-refractivity contribution in [3.8, 4) is 11.3 Å². The third-order valence-corrected chi connectivity index (χ3v) is 6.84. The molecule has 3 heterocycles. The predicted octanol–water partition coefficient (Wildman–Crippen LogP) is 0.758. The Morgan fingerprint density at radius 3 is 2.67 bits per heavy atom. The van der Waals surface area contributed by atoms with Crippen LogP contribution in [-0.2, 0) is 27.8 Å². The van der Waals surface area contributed by atoms with E-state index in [1.165, 1.54) is 10.6 Å². The van der Waals surface area contributed by atoms with Crippen LogP contribution >= 0.6 is 0 Å². The first-order chi connectivity index (χ1) is 15.8. The van der Waals surface area contributed by atoms with Gasteiger partial charge in [-0.25, -0.2) is 23.2 Å². The van der Waals surface area contributed by atoms with Crippen molar-refractivity contribution in [1.82, 2.24) is 19.6 Å². The molecule has 2 aliphatic rings. The van der Waals surface area contributed by atoms with Crippen molar-refractivity contribution in [2.45, 2.75) is 26.1 Å². The highest BCUT2D eigenvalue weighted by Gasteiger charge is 2.32. The number of urea groups is 1. The lowest BCUT2D eigenvalue weighted by atomic mass is 10.1. The Kier molecular flexibility index (Phi) is 6.79. The Morgan fingerprint density at radius 1 is 1.24 bits per heavy atom. The molecular formula is C21H28N6O5S. The molecule has 0 bridgehead atoms. The number of benzene rings is 1. The fourth-order valence-electron chi connectivity index (χ4n) is 3.90. The van der Waals surface area contributed by atoms with E-state index in [0.717, 1.165) is 11.1 Å². The molecule has 11 nitrogen and oxygen atoms in total. The number of aliphatic hydroxyl groups excluding tert-OH is 1. The van der Waals surface area contributed by atoms with E-state index in [-0.39, 0.29) is 32.3 Å².